The molecular formula is C15H18N4O. The highest BCUT2D eigenvalue weighted by Gasteiger charge is 2.14. The number of aryl methyl sites for hydroxylation is 3. The first kappa shape index (κ1) is 12.7. The number of furan rings is 1. The number of nitrogens with one attached hydrogen (secondary N) is 1. The highest BCUT2D eigenvalue weighted by atomic mass is 16.3. The summed E-state index contributed by atoms with van der Waals surface area (Å²) in [6.45, 7) is 8.04. The van der Waals surface area contributed by atoms with E-state index >= 15 is 0 Å². The third-order valence-corrected chi connectivity index (χ3v) is 3.37. The summed E-state index contributed by atoms with van der Waals surface area (Å²) in [4.78, 5) is 4.47. The Morgan fingerprint density at radius 3 is 2.75 bits per heavy atom. The summed E-state index contributed by atoms with van der Waals surface area (Å²) in [6, 6.07) is 6.14. The van der Waals surface area contributed by atoms with Gasteiger partial charge < -0.3 is 9.73 Å². The van der Waals surface area contributed by atoms with Gasteiger partial charge in [-0.25, -0.2) is 4.52 Å². The summed E-state index contributed by atoms with van der Waals surface area (Å²) in [5, 5.41) is 7.76. The molecule has 1 N–H and O–H groups in total. The van der Waals surface area contributed by atoms with Gasteiger partial charge in [-0.15, -0.1) is 5.10 Å². The lowest BCUT2D eigenvalue weighted by molar-refractivity contribution is 0.499. The summed E-state index contributed by atoms with van der Waals surface area (Å²) >= 11 is 0. The molecule has 104 valence electrons. The van der Waals surface area contributed by atoms with Crippen molar-refractivity contribution in [3.8, 4) is 0 Å². The van der Waals surface area contributed by atoms with Crippen LogP contribution in [0.5, 0.6) is 0 Å². The molecule has 3 aromatic heterocycles. The number of anilines is 1. The van der Waals surface area contributed by atoms with Gasteiger partial charge in [-0.2, -0.15) is 4.98 Å². The number of aromatic nitrogens is 3. The number of hydrogen-bond donors (Lipinski definition) is 1. The van der Waals surface area contributed by atoms with Crippen LogP contribution in [0.15, 0.2) is 28.8 Å². The van der Waals surface area contributed by atoms with Gasteiger partial charge in [0.2, 0.25) is 5.95 Å². The zero-order chi connectivity index (χ0) is 14.3. The van der Waals surface area contributed by atoms with E-state index in [2.05, 4.69) is 22.3 Å². The van der Waals surface area contributed by atoms with E-state index in [0.717, 1.165) is 28.3 Å². The van der Waals surface area contributed by atoms with Crippen LogP contribution in [0.4, 0.5) is 5.95 Å². The summed E-state index contributed by atoms with van der Waals surface area (Å²) in [6.07, 6.45) is 1.96. The lowest BCUT2D eigenvalue weighted by Crippen LogP contribution is -2.08. The van der Waals surface area contributed by atoms with Crippen molar-refractivity contribution in [2.45, 2.75) is 33.7 Å². The molecule has 3 rings (SSSR count). The predicted octanol–water partition coefficient (Wildman–Crippen LogP) is 3.42. The molecule has 0 bridgehead atoms. The fraction of sp³-hybridized carbons (Fsp3) is 0.333. The van der Waals surface area contributed by atoms with Gasteiger partial charge in [0.25, 0.3) is 0 Å². The second-order valence-electron chi connectivity index (χ2n) is 5.18. The Labute approximate surface area is 117 Å². The molecule has 5 nitrogen and oxygen atoms in total. The SMILES string of the molecule is Cc1ccc2nc(NC(C)c3cc(C)oc3C)nn2c1. The van der Waals surface area contributed by atoms with Crippen molar-refractivity contribution in [1.82, 2.24) is 14.6 Å². The molecule has 3 aromatic rings. The van der Waals surface area contributed by atoms with Crippen molar-refractivity contribution in [1.29, 1.82) is 0 Å². The molecule has 3 heterocycles. The number of pyridine rings is 1. The molecule has 0 saturated heterocycles. The Bertz CT molecular complexity index is 756. The van der Waals surface area contributed by atoms with Crippen LogP contribution in [0.2, 0.25) is 0 Å². The van der Waals surface area contributed by atoms with Gasteiger partial charge in [-0.05, 0) is 45.4 Å². The minimum absolute atomic E-state index is 0.103. The molecule has 0 spiro atoms. The van der Waals surface area contributed by atoms with Crippen LogP contribution in [0.3, 0.4) is 0 Å². The summed E-state index contributed by atoms with van der Waals surface area (Å²) in [5.41, 5.74) is 3.13. The molecule has 0 aromatic carbocycles. The predicted molar refractivity (Wildman–Crippen MR) is 77.9 cm³/mol. The van der Waals surface area contributed by atoms with E-state index in [0.29, 0.717) is 5.95 Å². The molecule has 1 unspecified atom stereocenters. The first-order valence-electron chi connectivity index (χ1n) is 6.69. The normalized spacial score (nSPS) is 12.8. The first-order valence-corrected chi connectivity index (χ1v) is 6.69. The molecule has 0 fully saturated rings. The molecule has 0 radical (unpaired) electrons. The number of fused-ring (bicyclic) bond motifs is 1. The van der Waals surface area contributed by atoms with Gasteiger partial charge in [-0.3, -0.25) is 0 Å². The maximum atomic E-state index is 5.56. The van der Waals surface area contributed by atoms with Crippen molar-refractivity contribution in [3.63, 3.8) is 0 Å². The summed E-state index contributed by atoms with van der Waals surface area (Å²) in [5.74, 6) is 2.48. The van der Waals surface area contributed by atoms with E-state index in [1.54, 1.807) is 4.52 Å². The minimum Gasteiger partial charge on any atom is -0.466 e. The van der Waals surface area contributed by atoms with Gasteiger partial charge in [0, 0.05) is 11.8 Å². The van der Waals surface area contributed by atoms with Crippen molar-refractivity contribution >= 4 is 11.6 Å². The van der Waals surface area contributed by atoms with Crippen LogP contribution in [0, 0.1) is 20.8 Å². The van der Waals surface area contributed by atoms with Crippen LogP contribution < -0.4 is 5.32 Å². The summed E-state index contributed by atoms with van der Waals surface area (Å²) in [7, 11) is 0. The fourth-order valence-electron chi connectivity index (χ4n) is 2.40. The fourth-order valence-corrected chi connectivity index (χ4v) is 2.40. The second-order valence-corrected chi connectivity index (χ2v) is 5.18. The molecule has 0 aliphatic carbocycles. The van der Waals surface area contributed by atoms with Crippen LogP contribution >= 0.6 is 0 Å². The zero-order valence-corrected chi connectivity index (χ0v) is 12.1. The van der Waals surface area contributed by atoms with Gasteiger partial charge in [-0.1, -0.05) is 6.07 Å². The van der Waals surface area contributed by atoms with Crippen LogP contribution in [0.1, 0.15) is 35.6 Å². The Morgan fingerprint density at radius 2 is 2.05 bits per heavy atom. The average Bonchev–Trinajstić information content (AvgIpc) is 2.91. The Hall–Kier alpha value is -2.30. The first-order chi connectivity index (χ1) is 9.52. The van der Waals surface area contributed by atoms with Crippen LogP contribution in [0.25, 0.3) is 5.65 Å². The molecule has 0 amide bonds. The van der Waals surface area contributed by atoms with Crippen molar-refractivity contribution in [2.24, 2.45) is 0 Å². The van der Waals surface area contributed by atoms with E-state index in [4.69, 9.17) is 4.42 Å². The molecule has 1 atom stereocenters. The topological polar surface area (TPSA) is 55.4 Å². The number of hydrogen-bond acceptors (Lipinski definition) is 4. The van der Waals surface area contributed by atoms with Gasteiger partial charge in [0.05, 0.1) is 6.04 Å². The van der Waals surface area contributed by atoms with Gasteiger partial charge in [0.1, 0.15) is 11.5 Å². The van der Waals surface area contributed by atoms with Crippen LogP contribution in [-0.2, 0) is 0 Å². The largest absolute Gasteiger partial charge is 0.466 e. The average molecular weight is 270 g/mol. The Morgan fingerprint density at radius 1 is 1.25 bits per heavy atom. The lowest BCUT2D eigenvalue weighted by Gasteiger charge is -2.10. The monoisotopic (exact) mass is 270 g/mol. The van der Waals surface area contributed by atoms with E-state index in [-0.39, 0.29) is 6.04 Å². The van der Waals surface area contributed by atoms with Gasteiger partial charge in [0.15, 0.2) is 5.65 Å². The Balaban J connectivity index is 1.87. The minimum atomic E-state index is 0.103. The molecule has 0 aliphatic rings. The van der Waals surface area contributed by atoms with Gasteiger partial charge >= 0.3 is 0 Å². The maximum absolute atomic E-state index is 5.56. The van der Waals surface area contributed by atoms with Crippen molar-refractivity contribution in [3.05, 3.63) is 47.0 Å². The lowest BCUT2D eigenvalue weighted by atomic mass is 10.1. The molecular weight excluding hydrogens is 252 g/mol. The van der Waals surface area contributed by atoms with E-state index in [1.807, 2.05) is 45.2 Å². The van der Waals surface area contributed by atoms with Crippen molar-refractivity contribution in [2.75, 3.05) is 5.32 Å². The quantitative estimate of drug-likeness (QED) is 0.792. The standard InChI is InChI=1S/C15H18N4O/c1-9-5-6-14-17-15(18-19(14)8-9)16-11(3)13-7-10(2)20-12(13)4/h5-8,11H,1-4H3,(H,16,18). The molecule has 20 heavy (non-hydrogen) atoms. The molecule has 5 heteroatoms. The number of nitrogens with zero attached hydrogens (tertiary/aromatic N) is 3. The summed E-state index contributed by atoms with van der Waals surface area (Å²) < 4.78 is 7.35. The zero-order valence-electron chi connectivity index (χ0n) is 12.1. The Kier molecular flexibility index (Phi) is 2.97. The van der Waals surface area contributed by atoms with Crippen LogP contribution in [-0.4, -0.2) is 14.6 Å². The number of rotatable bonds is 3. The van der Waals surface area contributed by atoms with E-state index < -0.39 is 0 Å². The smallest absolute Gasteiger partial charge is 0.243 e. The van der Waals surface area contributed by atoms with Crippen molar-refractivity contribution < 1.29 is 4.42 Å². The third-order valence-electron chi connectivity index (χ3n) is 3.37. The second kappa shape index (κ2) is 4.67. The maximum Gasteiger partial charge on any atom is 0.243 e. The third kappa shape index (κ3) is 2.27. The molecule has 0 saturated carbocycles. The highest BCUT2D eigenvalue weighted by molar-refractivity contribution is 5.45. The van der Waals surface area contributed by atoms with E-state index in [1.165, 1.54) is 0 Å². The highest BCUT2D eigenvalue weighted by Crippen LogP contribution is 2.23. The van der Waals surface area contributed by atoms with E-state index in [9.17, 15) is 0 Å². The molecule has 0 aliphatic heterocycles.